The number of thioether (sulfide) groups is 1. The van der Waals surface area contributed by atoms with Crippen LogP contribution in [0.25, 0.3) is 5.70 Å². The van der Waals surface area contributed by atoms with Crippen LogP contribution in [0.3, 0.4) is 0 Å². The third-order valence-corrected chi connectivity index (χ3v) is 4.00. The standard InChI is InChI=1S/C14H17N2OS/c1-11(17)10-18-14-15-13(9-16(14,2)3)12-7-5-4-6-8-12/h4-9H,10H2,1-3H3/q+1. The number of hydrogen-bond acceptors (Lipinski definition) is 3. The zero-order valence-electron chi connectivity index (χ0n) is 10.9. The molecular formula is C14H17N2OS+. The Morgan fingerprint density at radius 2 is 1.94 bits per heavy atom. The molecule has 94 valence electrons. The fraction of sp³-hybridized carbons (Fsp3) is 0.286. The summed E-state index contributed by atoms with van der Waals surface area (Å²) in [4.78, 5) is 15.7. The molecule has 0 unspecified atom stereocenters. The second kappa shape index (κ2) is 5.08. The van der Waals surface area contributed by atoms with Gasteiger partial charge in [-0.25, -0.2) is 4.48 Å². The second-order valence-electron chi connectivity index (χ2n) is 4.81. The quantitative estimate of drug-likeness (QED) is 0.783. The Morgan fingerprint density at radius 3 is 2.56 bits per heavy atom. The van der Waals surface area contributed by atoms with Crippen molar-refractivity contribution < 1.29 is 9.28 Å². The van der Waals surface area contributed by atoms with Crippen LogP contribution in [-0.2, 0) is 4.79 Å². The van der Waals surface area contributed by atoms with Gasteiger partial charge in [0.05, 0.1) is 19.8 Å². The summed E-state index contributed by atoms with van der Waals surface area (Å²) in [5.74, 6) is 0.659. The van der Waals surface area contributed by atoms with Crippen molar-refractivity contribution in [3.05, 3.63) is 42.1 Å². The van der Waals surface area contributed by atoms with Gasteiger partial charge in [-0.3, -0.25) is 4.79 Å². The Morgan fingerprint density at radius 1 is 1.28 bits per heavy atom. The van der Waals surface area contributed by atoms with Gasteiger partial charge in [0.25, 0.3) is 5.17 Å². The summed E-state index contributed by atoms with van der Waals surface area (Å²) in [6, 6.07) is 10.1. The van der Waals surface area contributed by atoms with E-state index >= 15 is 0 Å². The maximum Gasteiger partial charge on any atom is 0.269 e. The van der Waals surface area contributed by atoms with E-state index in [1.807, 2.05) is 30.3 Å². The zero-order chi connectivity index (χ0) is 13.2. The Kier molecular flexibility index (Phi) is 3.68. The maximum atomic E-state index is 11.1. The van der Waals surface area contributed by atoms with Crippen molar-refractivity contribution in [2.24, 2.45) is 4.99 Å². The third-order valence-electron chi connectivity index (χ3n) is 2.63. The highest BCUT2D eigenvalue weighted by molar-refractivity contribution is 8.14. The molecule has 0 aliphatic carbocycles. The van der Waals surface area contributed by atoms with E-state index in [-0.39, 0.29) is 5.78 Å². The lowest BCUT2D eigenvalue weighted by Gasteiger charge is -2.20. The average molecular weight is 261 g/mol. The fourth-order valence-electron chi connectivity index (χ4n) is 1.73. The number of nitrogens with zero attached hydrogens (tertiary/aromatic N) is 2. The first-order chi connectivity index (χ1) is 8.49. The van der Waals surface area contributed by atoms with Gasteiger partial charge in [-0.05, 0) is 18.7 Å². The van der Waals surface area contributed by atoms with Crippen LogP contribution in [0.15, 0.2) is 41.5 Å². The van der Waals surface area contributed by atoms with Crippen molar-refractivity contribution in [1.82, 2.24) is 0 Å². The molecule has 0 fully saturated rings. The normalized spacial score (nSPS) is 17.3. The molecule has 1 aliphatic heterocycles. The molecule has 0 N–H and O–H groups in total. The van der Waals surface area contributed by atoms with Gasteiger partial charge in [0, 0.05) is 5.56 Å². The van der Waals surface area contributed by atoms with Gasteiger partial charge >= 0.3 is 0 Å². The summed E-state index contributed by atoms with van der Waals surface area (Å²) < 4.78 is 0.599. The number of aliphatic imine (C=N–C) groups is 1. The predicted octanol–water partition coefficient (Wildman–Crippen LogP) is 2.75. The van der Waals surface area contributed by atoms with Crippen molar-refractivity contribution in [2.45, 2.75) is 6.92 Å². The minimum atomic E-state index is 0.177. The third kappa shape index (κ3) is 2.89. The molecule has 2 rings (SSSR count). The number of rotatable bonds is 3. The molecule has 1 aromatic rings. The highest BCUT2D eigenvalue weighted by Gasteiger charge is 2.30. The SMILES string of the molecule is CC(=O)CSC1=NC(c2ccccc2)=C[N+]1(C)C. The number of amidine groups is 1. The van der Waals surface area contributed by atoms with Crippen molar-refractivity contribution >= 4 is 28.4 Å². The largest absolute Gasteiger partial charge is 0.299 e. The average Bonchev–Trinajstić information content (AvgIpc) is 2.63. The molecule has 0 amide bonds. The van der Waals surface area contributed by atoms with Gasteiger partial charge in [0.2, 0.25) is 0 Å². The molecule has 1 aromatic carbocycles. The summed E-state index contributed by atoms with van der Waals surface area (Å²) in [5.41, 5.74) is 2.09. The van der Waals surface area contributed by atoms with E-state index in [1.165, 1.54) is 11.8 Å². The lowest BCUT2D eigenvalue weighted by Crippen LogP contribution is -2.36. The molecule has 3 nitrogen and oxygen atoms in total. The first kappa shape index (κ1) is 13.1. The monoisotopic (exact) mass is 261 g/mol. The van der Waals surface area contributed by atoms with E-state index in [0.29, 0.717) is 10.2 Å². The van der Waals surface area contributed by atoms with Crippen LogP contribution in [-0.4, -0.2) is 35.3 Å². The van der Waals surface area contributed by atoms with Gasteiger partial charge in [-0.1, -0.05) is 30.3 Å². The van der Waals surface area contributed by atoms with Crippen LogP contribution < -0.4 is 0 Å². The van der Waals surface area contributed by atoms with E-state index < -0.39 is 0 Å². The van der Waals surface area contributed by atoms with Crippen molar-refractivity contribution in [3.8, 4) is 0 Å². The molecule has 4 heteroatoms. The molecule has 0 spiro atoms. The summed E-state index contributed by atoms with van der Waals surface area (Å²) >= 11 is 1.52. The van der Waals surface area contributed by atoms with Crippen LogP contribution in [0.4, 0.5) is 0 Å². The molecule has 0 atom stereocenters. The predicted molar refractivity (Wildman–Crippen MR) is 77.1 cm³/mol. The van der Waals surface area contributed by atoms with Crippen molar-refractivity contribution in [3.63, 3.8) is 0 Å². The highest BCUT2D eigenvalue weighted by Crippen LogP contribution is 2.29. The van der Waals surface area contributed by atoms with E-state index in [9.17, 15) is 4.79 Å². The van der Waals surface area contributed by atoms with Crippen LogP contribution in [0.5, 0.6) is 0 Å². The number of quaternary nitrogens is 1. The summed E-state index contributed by atoms with van der Waals surface area (Å²) in [6.07, 6.45) is 2.11. The zero-order valence-corrected chi connectivity index (χ0v) is 11.7. The van der Waals surface area contributed by atoms with E-state index in [0.717, 1.165) is 16.4 Å². The van der Waals surface area contributed by atoms with Crippen LogP contribution >= 0.6 is 11.8 Å². The van der Waals surface area contributed by atoms with Gasteiger partial charge in [0.15, 0.2) is 0 Å². The first-order valence-electron chi connectivity index (χ1n) is 5.82. The first-order valence-corrected chi connectivity index (χ1v) is 6.81. The van der Waals surface area contributed by atoms with Crippen LogP contribution in [0.2, 0.25) is 0 Å². The minimum absolute atomic E-state index is 0.177. The lowest BCUT2D eigenvalue weighted by atomic mass is 10.2. The molecule has 0 radical (unpaired) electrons. The topological polar surface area (TPSA) is 29.4 Å². The van der Waals surface area contributed by atoms with E-state index in [1.54, 1.807) is 6.92 Å². The maximum absolute atomic E-state index is 11.1. The summed E-state index contributed by atoms with van der Waals surface area (Å²) in [5, 5.41) is 0.962. The highest BCUT2D eigenvalue weighted by atomic mass is 32.2. The molecular weight excluding hydrogens is 244 g/mol. The summed E-state index contributed by atoms with van der Waals surface area (Å²) in [6.45, 7) is 1.61. The number of ketones is 1. The van der Waals surface area contributed by atoms with Gasteiger partial charge < -0.3 is 0 Å². The molecule has 0 saturated carbocycles. The van der Waals surface area contributed by atoms with E-state index in [4.69, 9.17) is 0 Å². The van der Waals surface area contributed by atoms with E-state index in [2.05, 4.69) is 25.3 Å². The second-order valence-corrected chi connectivity index (χ2v) is 5.75. The smallest absolute Gasteiger partial charge is 0.269 e. The van der Waals surface area contributed by atoms with Crippen LogP contribution in [0.1, 0.15) is 12.5 Å². The lowest BCUT2D eigenvalue weighted by molar-refractivity contribution is -0.735. The summed E-state index contributed by atoms with van der Waals surface area (Å²) in [7, 11) is 4.14. The molecule has 0 aromatic heterocycles. The molecule has 1 aliphatic rings. The number of carbonyl (C=O) groups is 1. The molecule has 0 bridgehead atoms. The van der Waals surface area contributed by atoms with Gasteiger partial charge in [0.1, 0.15) is 17.7 Å². The fourth-order valence-corrected chi connectivity index (χ4v) is 2.62. The number of carbonyl (C=O) groups excluding carboxylic acids is 1. The van der Waals surface area contributed by atoms with Crippen LogP contribution in [0, 0.1) is 0 Å². The Bertz CT molecular complexity index is 518. The Balaban J connectivity index is 2.22. The molecule has 1 heterocycles. The van der Waals surface area contributed by atoms with Gasteiger partial charge in [-0.15, -0.1) is 0 Å². The molecule has 18 heavy (non-hydrogen) atoms. The van der Waals surface area contributed by atoms with Gasteiger partial charge in [-0.2, -0.15) is 4.99 Å². The molecule has 0 saturated heterocycles. The Labute approximate surface area is 112 Å². The number of Topliss-reactive ketones (excluding diaryl/α,β-unsaturated/α-hetero) is 1. The Hall–Kier alpha value is -1.39. The number of hydrogen-bond donors (Lipinski definition) is 0. The van der Waals surface area contributed by atoms with Crippen molar-refractivity contribution in [1.29, 1.82) is 0 Å². The number of benzene rings is 1. The van der Waals surface area contributed by atoms with Crippen molar-refractivity contribution in [2.75, 3.05) is 19.8 Å². The minimum Gasteiger partial charge on any atom is -0.299 e.